The number of aromatic nitrogens is 2. The summed E-state index contributed by atoms with van der Waals surface area (Å²) in [5.41, 5.74) is 14.5. The zero-order valence-electron chi connectivity index (χ0n) is 19.3. The van der Waals surface area contributed by atoms with Gasteiger partial charge in [0.05, 0.1) is 23.9 Å². The number of aromatic carboxylic acids is 1. The summed E-state index contributed by atoms with van der Waals surface area (Å²) in [6.45, 7) is 0.270. The molecule has 1 heterocycles. The van der Waals surface area contributed by atoms with E-state index in [4.69, 9.17) is 21.3 Å². The van der Waals surface area contributed by atoms with Crippen molar-refractivity contribution in [3.05, 3.63) is 95.1 Å². The van der Waals surface area contributed by atoms with Crippen molar-refractivity contribution in [3.63, 3.8) is 0 Å². The SMILES string of the molecule is COc1ccccc1C(=O)NCc1ccc(-c2nn(-c3ccc(C(=O)O)cc3)c(N)c2C(N)=O)cc1. The monoisotopic (exact) mass is 485 g/mol. The summed E-state index contributed by atoms with van der Waals surface area (Å²) in [4.78, 5) is 35.8. The van der Waals surface area contributed by atoms with Gasteiger partial charge in [-0.15, -0.1) is 0 Å². The predicted molar refractivity (Wildman–Crippen MR) is 133 cm³/mol. The molecule has 10 nitrogen and oxygen atoms in total. The predicted octanol–water partition coefficient (Wildman–Crippen LogP) is 2.86. The first-order valence-corrected chi connectivity index (χ1v) is 10.8. The highest BCUT2D eigenvalue weighted by molar-refractivity contribution is 6.03. The van der Waals surface area contributed by atoms with Gasteiger partial charge in [0.2, 0.25) is 0 Å². The molecule has 0 aliphatic carbocycles. The van der Waals surface area contributed by atoms with Crippen LogP contribution in [0.15, 0.2) is 72.8 Å². The summed E-state index contributed by atoms with van der Waals surface area (Å²) in [7, 11) is 1.50. The number of methoxy groups -OCH3 is 1. The Kier molecular flexibility index (Phi) is 6.68. The number of primary amides is 1. The summed E-state index contributed by atoms with van der Waals surface area (Å²) in [6, 6.07) is 19.9. The lowest BCUT2D eigenvalue weighted by Gasteiger charge is -2.09. The highest BCUT2D eigenvalue weighted by atomic mass is 16.5. The average Bonchev–Trinajstić information content (AvgIpc) is 3.24. The average molecular weight is 486 g/mol. The number of para-hydroxylation sites is 1. The number of rotatable bonds is 8. The van der Waals surface area contributed by atoms with E-state index < -0.39 is 11.9 Å². The Morgan fingerprint density at radius 3 is 2.28 bits per heavy atom. The molecule has 0 aliphatic heterocycles. The zero-order valence-corrected chi connectivity index (χ0v) is 19.3. The standard InChI is InChI=1S/C26H23N5O5/c1-36-20-5-3-2-4-19(20)25(33)29-14-15-6-8-16(9-7-15)22-21(24(28)32)23(27)31(30-22)18-12-10-17(11-13-18)26(34)35/h2-13H,14,27H2,1H3,(H2,28,32)(H,29,33)(H,34,35). The van der Waals surface area contributed by atoms with E-state index in [1.807, 2.05) is 0 Å². The quantitative estimate of drug-likeness (QED) is 0.298. The molecule has 0 aliphatic rings. The highest BCUT2D eigenvalue weighted by Crippen LogP contribution is 2.29. The van der Waals surface area contributed by atoms with E-state index in [-0.39, 0.29) is 35.1 Å². The number of nitrogen functional groups attached to an aromatic ring is 1. The van der Waals surface area contributed by atoms with E-state index in [2.05, 4.69) is 10.4 Å². The van der Waals surface area contributed by atoms with Gasteiger partial charge in [-0.3, -0.25) is 9.59 Å². The van der Waals surface area contributed by atoms with Crippen LogP contribution in [0.2, 0.25) is 0 Å². The topological polar surface area (TPSA) is 163 Å². The number of carboxylic acids is 1. The van der Waals surface area contributed by atoms with Crippen molar-refractivity contribution in [2.45, 2.75) is 6.54 Å². The molecular formula is C26H23N5O5. The Morgan fingerprint density at radius 1 is 1.00 bits per heavy atom. The van der Waals surface area contributed by atoms with Crippen LogP contribution in [0.25, 0.3) is 16.9 Å². The maximum atomic E-state index is 12.5. The summed E-state index contributed by atoms with van der Waals surface area (Å²) >= 11 is 0. The van der Waals surface area contributed by atoms with Crippen molar-refractivity contribution in [2.75, 3.05) is 12.8 Å². The Morgan fingerprint density at radius 2 is 1.67 bits per heavy atom. The van der Waals surface area contributed by atoms with Gasteiger partial charge in [0.25, 0.3) is 11.8 Å². The Hall–Kier alpha value is -5.12. The van der Waals surface area contributed by atoms with E-state index in [0.717, 1.165) is 5.56 Å². The highest BCUT2D eigenvalue weighted by Gasteiger charge is 2.22. The van der Waals surface area contributed by atoms with Gasteiger partial charge in [-0.2, -0.15) is 5.10 Å². The molecule has 0 bridgehead atoms. The van der Waals surface area contributed by atoms with Gasteiger partial charge in [0.15, 0.2) is 0 Å². The molecule has 182 valence electrons. The summed E-state index contributed by atoms with van der Waals surface area (Å²) < 4.78 is 6.57. The molecule has 0 atom stereocenters. The molecule has 0 spiro atoms. The number of carboxylic acid groups (broad SMARTS) is 1. The number of nitrogens with one attached hydrogen (secondary N) is 1. The molecule has 36 heavy (non-hydrogen) atoms. The third kappa shape index (κ3) is 4.73. The third-order valence-electron chi connectivity index (χ3n) is 5.56. The van der Waals surface area contributed by atoms with Gasteiger partial charge >= 0.3 is 5.97 Å². The smallest absolute Gasteiger partial charge is 0.335 e. The number of hydrogen-bond donors (Lipinski definition) is 4. The second-order valence-corrected chi connectivity index (χ2v) is 7.82. The molecule has 4 rings (SSSR count). The molecule has 2 amide bonds. The Labute approximate surface area is 206 Å². The van der Waals surface area contributed by atoms with Gasteiger partial charge < -0.3 is 26.6 Å². The van der Waals surface area contributed by atoms with Crippen LogP contribution in [0, 0.1) is 0 Å². The van der Waals surface area contributed by atoms with Gasteiger partial charge in [0.1, 0.15) is 22.8 Å². The van der Waals surface area contributed by atoms with Crippen molar-refractivity contribution in [2.24, 2.45) is 5.73 Å². The number of benzene rings is 3. The normalized spacial score (nSPS) is 10.6. The van der Waals surface area contributed by atoms with E-state index in [9.17, 15) is 14.4 Å². The van der Waals surface area contributed by atoms with Crippen molar-refractivity contribution < 1.29 is 24.2 Å². The van der Waals surface area contributed by atoms with Gasteiger partial charge in [-0.1, -0.05) is 36.4 Å². The lowest BCUT2D eigenvalue weighted by Crippen LogP contribution is -2.23. The van der Waals surface area contributed by atoms with Crippen LogP contribution in [0.3, 0.4) is 0 Å². The molecule has 1 aromatic heterocycles. The first kappa shape index (κ1) is 24.0. The van der Waals surface area contributed by atoms with Gasteiger partial charge in [-0.05, 0) is 42.0 Å². The fraction of sp³-hybridized carbons (Fsp3) is 0.0769. The van der Waals surface area contributed by atoms with E-state index in [1.54, 1.807) is 48.5 Å². The van der Waals surface area contributed by atoms with E-state index in [0.29, 0.717) is 22.6 Å². The molecule has 0 fully saturated rings. The van der Waals surface area contributed by atoms with Crippen molar-refractivity contribution >= 4 is 23.6 Å². The minimum atomic E-state index is -1.06. The lowest BCUT2D eigenvalue weighted by molar-refractivity contribution is 0.0696. The molecule has 3 aromatic carbocycles. The molecular weight excluding hydrogens is 462 g/mol. The summed E-state index contributed by atoms with van der Waals surface area (Å²) in [5.74, 6) is -1.56. The fourth-order valence-corrected chi connectivity index (χ4v) is 3.71. The largest absolute Gasteiger partial charge is 0.496 e. The summed E-state index contributed by atoms with van der Waals surface area (Å²) in [5, 5.41) is 16.4. The van der Waals surface area contributed by atoms with E-state index >= 15 is 0 Å². The number of nitrogens with zero attached hydrogens (tertiary/aromatic N) is 2. The number of anilines is 1. The van der Waals surface area contributed by atoms with Crippen LogP contribution >= 0.6 is 0 Å². The number of hydrogen-bond acceptors (Lipinski definition) is 6. The number of ether oxygens (including phenoxy) is 1. The first-order valence-electron chi connectivity index (χ1n) is 10.8. The van der Waals surface area contributed by atoms with Crippen LogP contribution in [0.4, 0.5) is 5.82 Å². The zero-order chi connectivity index (χ0) is 25.8. The van der Waals surface area contributed by atoms with Gasteiger partial charge in [0, 0.05) is 12.1 Å². The van der Waals surface area contributed by atoms with Crippen molar-refractivity contribution in [1.29, 1.82) is 0 Å². The third-order valence-corrected chi connectivity index (χ3v) is 5.56. The number of carbonyl (C=O) groups is 3. The van der Waals surface area contributed by atoms with Crippen LogP contribution in [0.5, 0.6) is 5.75 Å². The second-order valence-electron chi connectivity index (χ2n) is 7.82. The molecule has 0 unspecified atom stereocenters. The van der Waals surface area contributed by atoms with Crippen molar-refractivity contribution in [3.8, 4) is 22.7 Å². The van der Waals surface area contributed by atoms with Gasteiger partial charge in [-0.25, -0.2) is 9.48 Å². The first-order chi connectivity index (χ1) is 17.3. The molecule has 6 N–H and O–H groups in total. The van der Waals surface area contributed by atoms with Crippen LogP contribution in [-0.2, 0) is 6.54 Å². The number of nitrogens with two attached hydrogens (primary N) is 2. The second kappa shape index (κ2) is 10.0. The molecule has 0 radical (unpaired) electrons. The minimum absolute atomic E-state index is 0.0359. The minimum Gasteiger partial charge on any atom is -0.496 e. The molecule has 10 heteroatoms. The molecule has 0 saturated carbocycles. The molecule has 4 aromatic rings. The Bertz CT molecular complexity index is 1440. The number of carbonyl (C=O) groups excluding carboxylic acids is 2. The number of amides is 2. The van der Waals surface area contributed by atoms with Crippen LogP contribution < -0.4 is 21.5 Å². The van der Waals surface area contributed by atoms with E-state index in [1.165, 1.54) is 36.1 Å². The Balaban J connectivity index is 1.57. The summed E-state index contributed by atoms with van der Waals surface area (Å²) in [6.07, 6.45) is 0. The lowest BCUT2D eigenvalue weighted by atomic mass is 10.0. The van der Waals surface area contributed by atoms with Crippen LogP contribution in [0.1, 0.15) is 36.6 Å². The molecule has 0 saturated heterocycles. The fourth-order valence-electron chi connectivity index (χ4n) is 3.71. The van der Waals surface area contributed by atoms with Crippen LogP contribution in [-0.4, -0.2) is 39.8 Å². The maximum Gasteiger partial charge on any atom is 0.335 e. The maximum absolute atomic E-state index is 12.5. The van der Waals surface area contributed by atoms with Crippen molar-refractivity contribution in [1.82, 2.24) is 15.1 Å².